The van der Waals surface area contributed by atoms with E-state index in [0.29, 0.717) is 26.2 Å². The molecule has 8 nitrogen and oxygen atoms in total. The zero-order valence-corrected chi connectivity index (χ0v) is 24.3. The van der Waals surface area contributed by atoms with Crippen molar-refractivity contribution in [2.24, 2.45) is 0 Å². The first-order valence-electron chi connectivity index (χ1n) is 13.6. The maximum absolute atomic E-state index is 12.6. The Morgan fingerprint density at radius 2 is 1.38 bits per heavy atom. The lowest BCUT2D eigenvalue weighted by Crippen LogP contribution is -2.46. The van der Waals surface area contributed by atoms with Gasteiger partial charge in [-0.2, -0.15) is 0 Å². The van der Waals surface area contributed by atoms with E-state index in [-0.39, 0.29) is 23.9 Å². The zero-order valence-electron chi connectivity index (χ0n) is 24.3. The first kappa shape index (κ1) is 30.2. The lowest BCUT2D eigenvalue weighted by atomic mass is 9.88. The van der Waals surface area contributed by atoms with Crippen molar-refractivity contribution in [1.82, 2.24) is 10.2 Å². The molecule has 8 heteroatoms. The molecule has 0 fully saturated rings. The summed E-state index contributed by atoms with van der Waals surface area (Å²) >= 11 is 0. The number of hydrogen-bond donors (Lipinski definition) is 1. The molecule has 4 rings (SSSR count). The molecule has 2 aliphatic heterocycles. The first-order valence-corrected chi connectivity index (χ1v) is 13.6. The van der Waals surface area contributed by atoms with Crippen LogP contribution in [0.3, 0.4) is 0 Å². The summed E-state index contributed by atoms with van der Waals surface area (Å²) in [5.74, 6) is -0.463. The molecule has 1 N–H and O–H groups in total. The molecule has 0 saturated carbocycles. The molecule has 1 amide bonds. The standard InChI is InChI=1S/C18H25NO4.C13H17NO2/c1-6-22-15(20)11-18(5)14-10-8-7-9-13(14)12-19(18)16(21)23-17(2,3)4;1-3-16-12(15)8-13(2)11-7-5-4-6-10(11)9-14-13/h7-10H,6,11-12H2,1-5H3;4-7,14H,3,8-9H2,1-2H3. The van der Waals surface area contributed by atoms with Crippen molar-refractivity contribution >= 4 is 18.0 Å². The van der Waals surface area contributed by atoms with E-state index in [2.05, 4.69) is 24.4 Å². The minimum Gasteiger partial charge on any atom is -0.466 e. The monoisotopic (exact) mass is 538 g/mol. The molecule has 2 aromatic carbocycles. The molecule has 2 aromatic rings. The van der Waals surface area contributed by atoms with Gasteiger partial charge in [-0.3, -0.25) is 14.5 Å². The quantitative estimate of drug-likeness (QED) is 0.380. The topological polar surface area (TPSA) is 94.2 Å². The van der Waals surface area contributed by atoms with Gasteiger partial charge >= 0.3 is 18.0 Å². The number of benzene rings is 2. The fourth-order valence-corrected chi connectivity index (χ4v) is 5.20. The van der Waals surface area contributed by atoms with Gasteiger partial charge in [0.25, 0.3) is 0 Å². The van der Waals surface area contributed by atoms with Crippen LogP contribution in [-0.4, -0.2) is 41.7 Å². The molecule has 2 heterocycles. The largest absolute Gasteiger partial charge is 0.466 e. The highest BCUT2D eigenvalue weighted by atomic mass is 16.6. The number of ether oxygens (including phenoxy) is 3. The van der Waals surface area contributed by atoms with Crippen LogP contribution in [0, 0.1) is 0 Å². The van der Waals surface area contributed by atoms with Crippen molar-refractivity contribution in [2.75, 3.05) is 13.2 Å². The molecule has 39 heavy (non-hydrogen) atoms. The Morgan fingerprint density at radius 1 is 0.846 bits per heavy atom. The highest BCUT2D eigenvalue weighted by Gasteiger charge is 2.47. The molecule has 212 valence electrons. The fraction of sp³-hybridized carbons (Fsp3) is 0.516. The smallest absolute Gasteiger partial charge is 0.411 e. The van der Waals surface area contributed by atoms with Crippen LogP contribution >= 0.6 is 0 Å². The average Bonchev–Trinajstić information content (AvgIpc) is 3.33. The van der Waals surface area contributed by atoms with Crippen molar-refractivity contribution in [2.45, 2.75) is 91.1 Å². The van der Waals surface area contributed by atoms with E-state index in [1.165, 1.54) is 11.1 Å². The van der Waals surface area contributed by atoms with Gasteiger partial charge in [-0.05, 0) is 70.7 Å². The van der Waals surface area contributed by atoms with Gasteiger partial charge in [-0.25, -0.2) is 4.79 Å². The van der Waals surface area contributed by atoms with E-state index in [1.807, 2.05) is 71.0 Å². The molecular formula is C31H42N2O6. The SMILES string of the molecule is CCOC(=O)CC1(C)NCc2ccccc21.CCOC(=O)CC1(C)c2ccccc2CN1C(=O)OC(C)(C)C. The number of rotatable bonds is 6. The lowest BCUT2D eigenvalue weighted by molar-refractivity contribution is -0.146. The van der Waals surface area contributed by atoms with Gasteiger partial charge in [0, 0.05) is 6.54 Å². The van der Waals surface area contributed by atoms with Crippen LogP contribution in [0.15, 0.2) is 48.5 Å². The lowest BCUT2D eigenvalue weighted by Gasteiger charge is -2.36. The third-order valence-electron chi connectivity index (χ3n) is 7.01. The van der Waals surface area contributed by atoms with Crippen LogP contribution in [0.1, 0.15) is 83.6 Å². The van der Waals surface area contributed by atoms with Gasteiger partial charge in [-0.15, -0.1) is 0 Å². The Bertz CT molecular complexity index is 1190. The molecule has 0 aliphatic carbocycles. The number of fused-ring (bicyclic) bond motifs is 2. The van der Waals surface area contributed by atoms with E-state index >= 15 is 0 Å². The highest BCUT2D eigenvalue weighted by molar-refractivity contribution is 5.76. The van der Waals surface area contributed by atoms with Gasteiger partial charge in [0.05, 0.1) is 43.7 Å². The molecule has 2 unspecified atom stereocenters. The van der Waals surface area contributed by atoms with Crippen LogP contribution in [0.2, 0.25) is 0 Å². The van der Waals surface area contributed by atoms with E-state index in [0.717, 1.165) is 17.7 Å². The van der Waals surface area contributed by atoms with E-state index in [4.69, 9.17) is 14.2 Å². The summed E-state index contributed by atoms with van der Waals surface area (Å²) in [6, 6.07) is 16.0. The molecule has 2 aliphatic rings. The Balaban J connectivity index is 0.000000230. The molecule has 0 aromatic heterocycles. The summed E-state index contributed by atoms with van der Waals surface area (Å²) < 4.78 is 15.6. The Morgan fingerprint density at radius 3 is 1.97 bits per heavy atom. The van der Waals surface area contributed by atoms with E-state index < -0.39 is 17.2 Å². The summed E-state index contributed by atoms with van der Waals surface area (Å²) in [5, 5.41) is 3.39. The molecule has 0 bridgehead atoms. The Kier molecular flexibility index (Phi) is 9.43. The summed E-state index contributed by atoms with van der Waals surface area (Å²) in [7, 11) is 0. The van der Waals surface area contributed by atoms with Crippen molar-refractivity contribution in [3.8, 4) is 0 Å². The maximum Gasteiger partial charge on any atom is 0.411 e. The molecule has 0 radical (unpaired) electrons. The number of nitrogens with one attached hydrogen (secondary N) is 1. The second-order valence-electron chi connectivity index (χ2n) is 11.3. The van der Waals surface area contributed by atoms with Crippen LogP contribution in [0.4, 0.5) is 4.79 Å². The maximum atomic E-state index is 12.6. The van der Waals surface area contributed by atoms with Crippen molar-refractivity contribution in [3.05, 3.63) is 70.8 Å². The van der Waals surface area contributed by atoms with E-state index in [1.54, 1.807) is 11.8 Å². The van der Waals surface area contributed by atoms with Crippen molar-refractivity contribution in [1.29, 1.82) is 0 Å². The predicted molar refractivity (Wildman–Crippen MR) is 149 cm³/mol. The van der Waals surface area contributed by atoms with Crippen molar-refractivity contribution in [3.63, 3.8) is 0 Å². The first-order chi connectivity index (χ1) is 18.3. The van der Waals surface area contributed by atoms with Crippen LogP contribution in [-0.2, 0) is 48.0 Å². The van der Waals surface area contributed by atoms with Gasteiger partial charge in [0.15, 0.2) is 0 Å². The molecule has 0 saturated heterocycles. The second kappa shape index (κ2) is 12.2. The minimum absolute atomic E-state index is 0.108. The van der Waals surface area contributed by atoms with Gasteiger partial charge < -0.3 is 19.5 Å². The van der Waals surface area contributed by atoms with Crippen LogP contribution < -0.4 is 5.32 Å². The molecule has 2 atom stereocenters. The summed E-state index contributed by atoms with van der Waals surface area (Å²) in [6.07, 6.45) is 0.0788. The van der Waals surface area contributed by atoms with Crippen LogP contribution in [0.5, 0.6) is 0 Å². The third-order valence-corrected chi connectivity index (χ3v) is 7.01. The van der Waals surface area contributed by atoms with Crippen molar-refractivity contribution < 1.29 is 28.6 Å². The Labute approximate surface area is 232 Å². The summed E-state index contributed by atoms with van der Waals surface area (Å²) in [4.78, 5) is 37.9. The number of hydrogen-bond acceptors (Lipinski definition) is 7. The number of nitrogens with zero attached hydrogens (tertiary/aromatic N) is 1. The zero-order chi connectivity index (χ0) is 28.8. The minimum atomic E-state index is -0.759. The Hall–Kier alpha value is -3.39. The highest BCUT2D eigenvalue weighted by Crippen LogP contribution is 2.42. The summed E-state index contributed by atoms with van der Waals surface area (Å²) in [6.45, 7) is 15.1. The van der Waals surface area contributed by atoms with Gasteiger partial charge in [0.1, 0.15) is 5.60 Å². The van der Waals surface area contributed by atoms with Gasteiger partial charge in [-0.1, -0.05) is 48.5 Å². The second-order valence-corrected chi connectivity index (χ2v) is 11.3. The van der Waals surface area contributed by atoms with E-state index in [9.17, 15) is 14.4 Å². The fourth-order valence-electron chi connectivity index (χ4n) is 5.20. The average molecular weight is 539 g/mol. The number of amides is 1. The van der Waals surface area contributed by atoms with Gasteiger partial charge in [0.2, 0.25) is 0 Å². The van der Waals surface area contributed by atoms with Crippen LogP contribution in [0.25, 0.3) is 0 Å². The molecule has 0 spiro atoms. The predicted octanol–water partition coefficient (Wildman–Crippen LogP) is 5.56. The number of carbonyl (C=O) groups excluding carboxylic acids is 3. The normalized spacial score (nSPS) is 21.3. The number of esters is 2. The summed E-state index contributed by atoms with van der Waals surface area (Å²) in [5.41, 5.74) is 2.87. The molecular weight excluding hydrogens is 496 g/mol. The number of carbonyl (C=O) groups is 3. The third kappa shape index (κ3) is 7.18.